The Labute approximate surface area is 98.2 Å². The van der Waals surface area contributed by atoms with Crippen molar-refractivity contribution in [3.8, 4) is 12.3 Å². The highest BCUT2D eigenvalue weighted by Crippen LogP contribution is 2.25. The van der Waals surface area contributed by atoms with E-state index in [0.717, 1.165) is 19.3 Å². The van der Waals surface area contributed by atoms with Gasteiger partial charge in [0.05, 0.1) is 0 Å². The van der Waals surface area contributed by atoms with E-state index in [9.17, 15) is 0 Å². The highest BCUT2D eigenvalue weighted by atomic mass is 15.2. The predicted molar refractivity (Wildman–Crippen MR) is 68.7 cm³/mol. The Hall–Kier alpha value is -1.30. The highest BCUT2D eigenvalue weighted by Gasteiger charge is 2.13. The largest absolute Gasteiger partial charge is 0.271 e. The molecule has 0 radical (unpaired) electrons. The summed E-state index contributed by atoms with van der Waals surface area (Å²) in [4.78, 5) is 0. The maximum absolute atomic E-state index is 5.62. The number of hydrogen-bond donors (Lipinski definition) is 2. The second kappa shape index (κ2) is 6.32. The minimum atomic E-state index is 0.203. The summed E-state index contributed by atoms with van der Waals surface area (Å²) < 4.78 is 0. The quantitative estimate of drug-likeness (QED) is 0.344. The molecule has 0 aliphatic carbocycles. The number of benzene rings is 1. The van der Waals surface area contributed by atoms with E-state index in [0.29, 0.717) is 0 Å². The van der Waals surface area contributed by atoms with Crippen LogP contribution in [0.4, 0.5) is 0 Å². The fourth-order valence-corrected chi connectivity index (χ4v) is 2.10. The molecular formula is C14H20N2. The summed E-state index contributed by atoms with van der Waals surface area (Å²) >= 11 is 0. The Morgan fingerprint density at radius 3 is 2.50 bits per heavy atom. The molecule has 1 rings (SSSR count). The third-order valence-electron chi connectivity index (χ3n) is 2.91. The van der Waals surface area contributed by atoms with E-state index in [1.54, 1.807) is 0 Å². The third-order valence-corrected chi connectivity index (χ3v) is 2.91. The number of nitrogens with two attached hydrogens (primary N) is 1. The SMILES string of the molecule is C#CCCCC(NN)c1c(C)cccc1C. The first kappa shape index (κ1) is 12.8. The molecule has 0 amide bonds. The van der Waals surface area contributed by atoms with Crippen molar-refractivity contribution in [1.29, 1.82) is 0 Å². The standard InChI is InChI=1S/C14H20N2/c1-4-5-6-10-13(16-15)14-11(2)8-7-9-12(14)3/h1,7-9,13,16H,5-6,10,15H2,2-3H3. The molecule has 0 aliphatic heterocycles. The number of terminal acetylenes is 1. The molecule has 0 bridgehead atoms. The topological polar surface area (TPSA) is 38.0 Å². The van der Waals surface area contributed by atoms with Gasteiger partial charge in [0.2, 0.25) is 0 Å². The van der Waals surface area contributed by atoms with E-state index >= 15 is 0 Å². The first-order chi connectivity index (χ1) is 7.70. The van der Waals surface area contributed by atoms with Crippen LogP contribution in [-0.2, 0) is 0 Å². The first-order valence-corrected chi connectivity index (χ1v) is 5.66. The van der Waals surface area contributed by atoms with Crippen LogP contribution in [0.25, 0.3) is 0 Å². The average Bonchev–Trinajstić information content (AvgIpc) is 2.26. The molecule has 86 valence electrons. The summed E-state index contributed by atoms with van der Waals surface area (Å²) in [6.45, 7) is 4.24. The van der Waals surface area contributed by atoms with Gasteiger partial charge in [-0.3, -0.25) is 11.3 Å². The first-order valence-electron chi connectivity index (χ1n) is 5.66. The van der Waals surface area contributed by atoms with Gasteiger partial charge in [-0.05, 0) is 43.4 Å². The van der Waals surface area contributed by atoms with Crippen molar-refractivity contribution in [2.75, 3.05) is 0 Å². The number of hydrogen-bond acceptors (Lipinski definition) is 2. The van der Waals surface area contributed by atoms with Crippen LogP contribution >= 0.6 is 0 Å². The molecule has 0 saturated carbocycles. The van der Waals surface area contributed by atoms with Gasteiger partial charge < -0.3 is 0 Å². The summed E-state index contributed by atoms with van der Waals surface area (Å²) in [6.07, 6.45) is 8.04. The van der Waals surface area contributed by atoms with E-state index in [4.69, 9.17) is 12.3 Å². The lowest BCUT2D eigenvalue weighted by Crippen LogP contribution is -2.29. The van der Waals surface area contributed by atoms with Crippen LogP contribution in [0.15, 0.2) is 18.2 Å². The van der Waals surface area contributed by atoms with E-state index < -0.39 is 0 Å². The third kappa shape index (κ3) is 3.10. The lowest BCUT2D eigenvalue weighted by molar-refractivity contribution is 0.498. The van der Waals surface area contributed by atoms with Crippen LogP contribution < -0.4 is 11.3 Å². The van der Waals surface area contributed by atoms with Crippen LogP contribution in [0.2, 0.25) is 0 Å². The maximum atomic E-state index is 5.62. The van der Waals surface area contributed by atoms with Crippen LogP contribution in [0.3, 0.4) is 0 Å². The molecule has 0 heterocycles. The highest BCUT2D eigenvalue weighted by molar-refractivity contribution is 5.36. The van der Waals surface area contributed by atoms with Crippen LogP contribution in [-0.4, -0.2) is 0 Å². The molecule has 16 heavy (non-hydrogen) atoms. The van der Waals surface area contributed by atoms with Crippen molar-refractivity contribution in [3.63, 3.8) is 0 Å². The Morgan fingerprint density at radius 2 is 2.00 bits per heavy atom. The number of aryl methyl sites for hydroxylation is 2. The summed E-state index contributed by atoms with van der Waals surface area (Å²) in [6, 6.07) is 6.51. The van der Waals surface area contributed by atoms with Gasteiger partial charge >= 0.3 is 0 Å². The van der Waals surface area contributed by atoms with Crippen molar-refractivity contribution < 1.29 is 0 Å². The molecule has 2 nitrogen and oxygen atoms in total. The number of unbranched alkanes of at least 4 members (excludes halogenated alkanes) is 1. The predicted octanol–water partition coefficient (Wildman–Crippen LogP) is 2.61. The molecule has 0 spiro atoms. The van der Waals surface area contributed by atoms with Gasteiger partial charge in [-0.1, -0.05) is 18.2 Å². The molecule has 0 fully saturated rings. The zero-order chi connectivity index (χ0) is 12.0. The van der Waals surface area contributed by atoms with Gasteiger partial charge in [0.1, 0.15) is 0 Å². The number of nitrogens with one attached hydrogen (secondary N) is 1. The van der Waals surface area contributed by atoms with Gasteiger partial charge in [-0.2, -0.15) is 0 Å². The van der Waals surface area contributed by atoms with E-state index in [1.807, 2.05) is 0 Å². The summed E-state index contributed by atoms with van der Waals surface area (Å²) in [5.74, 6) is 8.28. The second-order valence-corrected chi connectivity index (χ2v) is 4.12. The van der Waals surface area contributed by atoms with Gasteiger partial charge in [0.15, 0.2) is 0 Å². The monoisotopic (exact) mass is 216 g/mol. The van der Waals surface area contributed by atoms with Crippen molar-refractivity contribution in [1.82, 2.24) is 5.43 Å². The summed E-state index contributed by atoms with van der Waals surface area (Å²) in [7, 11) is 0. The van der Waals surface area contributed by atoms with E-state index in [1.165, 1.54) is 16.7 Å². The van der Waals surface area contributed by atoms with E-state index in [-0.39, 0.29) is 6.04 Å². The van der Waals surface area contributed by atoms with Crippen LogP contribution in [0.5, 0.6) is 0 Å². The van der Waals surface area contributed by atoms with Gasteiger partial charge in [-0.25, -0.2) is 0 Å². The molecule has 1 aromatic rings. The minimum Gasteiger partial charge on any atom is -0.271 e. The van der Waals surface area contributed by atoms with Gasteiger partial charge in [-0.15, -0.1) is 12.3 Å². The Kier molecular flexibility index (Phi) is 5.04. The smallest absolute Gasteiger partial charge is 0.0465 e. The zero-order valence-corrected chi connectivity index (χ0v) is 10.1. The molecule has 1 atom stereocenters. The Bertz CT molecular complexity index is 357. The Morgan fingerprint density at radius 1 is 1.38 bits per heavy atom. The van der Waals surface area contributed by atoms with Gasteiger partial charge in [0, 0.05) is 12.5 Å². The molecule has 0 aliphatic rings. The van der Waals surface area contributed by atoms with Crippen molar-refractivity contribution >= 4 is 0 Å². The van der Waals surface area contributed by atoms with Gasteiger partial charge in [0.25, 0.3) is 0 Å². The van der Waals surface area contributed by atoms with E-state index in [2.05, 4.69) is 43.4 Å². The lowest BCUT2D eigenvalue weighted by atomic mass is 9.93. The fourth-order valence-electron chi connectivity index (χ4n) is 2.10. The maximum Gasteiger partial charge on any atom is 0.0465 e. The molecule has 3 N–H and O–H groups in total. The minimum absolute atomic E-state index is 0.203. The second-order valence-electron chi connectivity index (χ2n) is 4.12. The molecule has 1 unspecified atom stereocenters. The molecule has 0 aromatic heterocycles. The van der Waals surface area contributed by atoms with Crippen molar-refractivity contribution in [2.45, 2.75) is 39.2 Å². The summed E-state index contributed by atoms with van der Waals surface area (Å²) in [5.41, 5.74) is 6.76. The van der Waals surface area contributed by atoms with Crippen LogP contribution in [0, 0.1) is 26.2 Å². The van der Waals surface area contributed by atoms with Crippen LogP contribution in [0.1, 0.15) is 42.0 Å². The molecule has 1 aromatic carbocycles. The van der Waals surface area contributed by atoms with Crippen molar-refractivity contribution in [2.24, 2.45) is 5.84 Å². The number of rotatable bonds is 5. The number of hydrazine groups is 1. The summed E-state index contributed by atoms with van der Waals surface area (Å²) in [5, 5.41) is 0. The van der Waals surface area contributed by atoms with Crippen molar-refractivity contribution in [3.05, 3.63) is 34.9 Å². The normalized spacial score (nSPS) is 12.1. The molecule has 0 saturated heterocycles. The fraction of sp³-hybridized carbons (Fsp3) is 0.429. The average molecular weight is 216 g/mol. The molecular weight excluding hydrogens is 196 g/mol. The zero-order valence-electron chi connectivity index (χ0n) is 10.1. The molecule has 2 heteroatoms. The lowest BCUT2D eigenvalue weighted by Gasteiger charge is -2.20. The Balaban J connectivity index is 2.83.